The third-order valence-corrected chi connectivity index (χ3v) is 6.33. The van der Waals surface area contributed by atoms with E-state index in [0.29, 0.717) is 19.5 Å². The first-order valence-corrected chi connectivity index (χ1v) is 12.5. The third kappa shape index (κ3) is 11.5. The van der Waals surface area contributed by atoms with Crippen molar-refractivity contribution >= 4 is 12.8 Å². The minimum atomic E-state index is -0.250. The molecule has 0 radical (unpaired) electrons. The van der Waals surface area contributed by atoms with Crippen LogP contribution in [0.2, 0.25) is 0 Å². The molecular weight excluding hydrogens is 476 g/mol. The van der Waals surface area contributed by atoms with Crippen molar-refractivity contribution in [3.05, 3.63) is 114 Å². The number of methoxy groups -OCH3 is 1. The van der Waals surface area contributed by atoms with Gasteiger partial charge in [-0.25, -0.2) is 0 Å². The Kier molecular flexibility index (Phi) is 15.0. The van der Waals surface area contributed by atoms with Crippen molar-refractivity contribution in [2.24, 2.45) is 0 Å². The van der Waals surface area contributed by atoms with Gasteiger partial charge < -0.3 is 15.2 Å². The maximum Gasteiger partial charge on any atom is 0.290 e. The molecule has 0 spiro atoms. The van der Waals surface area contributed by atoms with Crippen LogP contribution in [0.5, 0.6) is 5.75 Å². The number of ether oxygens (including phenoxy) is 1. The summed E-state index contributed by atoms with van der Waals surface area (Å²) in [4.78, 5) is 22.8. The molecule has 0 bridgehead atoms. The predicted octanol–water partition coefficient (Wildman–Crippen LogP) is 5.79. The average molecular weight is 519 g/mol. The molecule has 0 amide bonds. The van der Waals surface area contributed by atoms with Crippen molar-refractivity contribution in [2.45, 2.75) is 38.3 Å². The molecule has 6 nitrogen and oxygen atoms in total. The van der Waals surface area contributed by atoms with Gasteiger partial charge >= 0.3 is 0 Å². The summed E-state index contributed by atoms with van der Waals surface area (Å²) in [6.07, 6.45) is 9.32. The van der Waals surface area contributed by atoms with E-state index in [1.54, 1.807) is 13.2 Å². The van der Waals surface area contributed by atoms with E-state index in [1.165, 1.54) is 11.1 Å². The summed E-state index contributed by atoms with van der Waals surface area (Å²) in [5, 5.41) is 10.4. The Hall–Kier alpha value is -3.74. The summed E-state index contributed by atoms with van der Waals surface area (Å²) in [5.41, 5.74) is 4.06. The number of hydrogen-bond donors (Lipinski definition) is 2. The number of aldehydes is 1. The molecule has 0 fully saturated rings. The maximum atomic E-state index is 12.2. The molecule has 6 heteroatoms. The summed E-state index contributed by atoms with van der Waals surface area (Å²) in [5.74, 6) is 0.927. The lowest BCUT2D eigenvalue weighted by Crippen LogP contribution is -2.41. The van der Waals surface area contributed by atoms with Gasteiger partial charge in [0.15, 0.2) is 0 Å². The van der Waals surface area contributed by atoms with Gasteiger partial charge in [-0.1, -0.05) is 79.9 Å². The highest BCUT2D eigenvalue weighted by atomic mass is 16.5. The van der Waals surface area contributed by atoms with Gasteiger partial charge in [0.1, 0.15) is 12.0 Å². The first kappa shape index (κ1) is 32.3. The Balaban J connectivity index is 0.00000229. The molecule has 0 aromatic heterocycles. The van der Waals surface area contributed by atoms with Crippen molar-refractivity contribution < 1.29 is 19.4 Å². The SMILES string of the molecule is C=C/C=C(\C=C)CNCC(/C=C(/C=O)CC(C)(C)N(C)Cc1ccc(OC)cc1)c1ccccc1.O=CO. The Morgan fingerprint density at radius 3 is 2.24 bits per heavy atom. The standard InChI is InChI=1S/C31H40N2O2.CH2O2/c1-7-12-25(8-2)21-32-22-29(28-13-10-9-11-14-28)19-27(24-34)20-31(3,4)33(5)23-26-15-17-30(35-6)18-16-26;2-1-3/h7-19,24,29,32H,1-2,20-23H2,3-6H3;1H,(H,2,3)/b25-12+,27-19+;. The van der Waals surface area contributed by atoms with E-state index >= 15 is 0 Å². The van der Waals surface area contributed by atoms with Gasteiger partial charge in [-0.15, -0.1) is 0 Å². The number of carbonyl (C=O) groups is 2. The number of carboxylic acid groups (broad SMARTS) is 1. The van der Waals surface area contributed by atoms with Gasteiger partial charge in [0.2, 0.25) is 0 Å². The van der Waals surface area contributed by atoms with Crippen LogP contribution in [-0.4, -0.2) is 55.6 Å². The van der Waals surface area contributed by atoms with Crippen LogP contribution in [0.1, 0.15) is 37.3 Å². The van der Waals surface area contributed by atoms with Crippen LogP contribution >= 0.6 is 0 Å². The molecule has 1 unspecified atom stereocenters. The molecule has 0 aliphatic carbocycles. The average Bonchev–Trinajstić information content (AvgIpc) is 2.92. The van der Waals surface area contributed by atoms with Crippen molar-refractivity contribution in [3.63, 3.8) is 0 Å². The molecule has 204 valence electrons. The van der Waals surface area contributed by atoms with Crippen LogP contribution in [0.4, 0.5) is 0 Å². The van der Waals surface area contributed by atoms with E-state index in [0.717, 1.165) is 29.7 Å². The molecule has 0 saturated heterocycles. The van der Waals surface area contributed by atoms with Crippen molar-refractivity contribution in [1.29, 1.82) is 0 Å². The Bertz CT molecular complexity index is 1060. The molecule has 1 atom stereocenters. The van der Waals surface area contributed by atoms with Gasteiger partial charge in [-0.3, -0.25) is 14.5 Å². The zero-order valence-corrected chi connectivity index (χ0v) is 23.1. The van der Waals surface area contributed by atoms with Gasteiger partial charge in [-0.2, -0.15) is 0 Å². The van der Waals surface area contributed by atoms with Crippen molar-refractivity contribution in [1.82, 2.24) is 10.2 Å². The lowest BCUT2D eigenvalue weighted by Gasteiger charge is -2.36. The molecule has 2 aromatic carbocycles. The second kappa shape index (κ2) is 17.7. The minimum absolute atomic E-state index is 0.0777. The van der Waals surface area contributed by atoms with Crippen molar-refractivity contribution in [3.8, 4) is 5.75 Å². The zero-order chi connectivity index (χ0) is 28.4. The number of benzene rings is 2. The summed E-state index contributed by atoms with van der Waals surface area (Å²) in [6, 6.07) is 18.4. The molecule has 2 aromatic rings. The van der Waals surface area contributed by atoms with Crippen LogP contribution in [-0.2, 0) is 16.1 Å². The maximum absolute atomic E-state index is 12.2. The fourth-order valence-electron chi connectivity index (χ4n) is 3.95. The van der Waals surface area contributed by atoms with E-state index in [1.807, 2.05) is 42.5 Å². The highest BCUT2D eigenvalue weighted by molar-refractivity contribution is 5.73. The fourth-order valence-corrected chi connectivity index (χ4v) is 3.95. The summed E-state index contributed by atoms with van der Waals surface area (Å²) < 4.78 is 5.26. The number of nitrogens with one attached hydrogen (secondary N) is 1. The topological polar surface area (TPSA) is 78.9 Å². The molecule has 2 N–H and O–H groups in total. The first-order valence-electron chi connectivity index (χ1n) is 12.5. The molecule has 0 aliphatic rings. The van der Waals surface area contributed by atoms with Crippen LogP contribution in [0.25, 0.3) is 0 Å². The van der Waals surface area contributed by atoms with Gasteiger partial charge in [0.05, 0.1) is 7.11 Å². The molecule has 0 heterocycles. The van der Waals surface area contributed by atoms with E-state index in [2.05, 4.69) is 74.6 Å². The second-order valence-corrected chi connectivity index (χ2v) is 9.49. The third-order valence-electron chi connectivity index (χ3n) is 6.33. The van der Waals surface area contributed by atoms with Crippen LogP contribution in [0.3, 0.4) is 0 Å². The van der Waals surface area contributed by atoms with Crippen LogP contribution in [0, 0.1) is 0 Å². The van der Waals surface area contributed by atoms with Gasteiger partial charge in [0, 0.05) is 31.1 Å². The minimum Gasteiger partial charge on any atom is -0.497 e. The second-order valence-electron chi connectivity index (χ2n) is 9.49. The van der Waals surface area contributed by atoms with Crippen molar-refractivity contribution in [2.75, 3.05) is 27.2 Å². The summed E-state index contributed by atoms with van der Waals surface area (Å²) in [7, 11) is 3.78. The quantitative estimate of drug-likeness (QED) is 0.176. The summed E-state index contributed by atoms with van der Waals surface area (Å²) >= 11 is 0. The molecule has 0 aliphatic heterocycles. The Labute approximate surface area is 228 Å². The number of hydrogen-bond acceptors (Lipinski definition) is 5. The monoisotopic (exact) mass is 518 g/mol. The van der Waals surface area contributed by atoms with E-state index in [9.17, 15) is 4.79 Å². The van der Waals surface area contributed by atoms with E-state index in [-0.39, 0.29) is 17.9 Å². The zero-order valence-electron chi connectivity index (χ0n) is 23.1. The lowest BCUT2D eigenvalue weighted by atomic mass is 9.89. The van der Waals surface area contributed by atoms with E-state index in [4.69, 9.17) is 14.6 Å². The highest BCUT2D eigenvalue weighted by Gasteiger charge is 2.25. The van der Waals surface area contributed by atoms with Crippen LogP contribution in [0.15, 0.2) is 103 Å². The number of nitrogens with zero attached hydrogens (tertiary/aromatic N) is 1. The molecule has 0 saturated carbocycles. The Morgan fingerprint density at radius 1 is 1.08 bits per heavy atom. The molecule has 2 rings (SSSR count). The number of carbonyl (C=O) groups excluding carboxylic acids is 1. The fraction of sp³-hybridized carbons (Fsp3) is 0.312. The van der Waals surface area contributed by atoms with Crippen LogP contribution < -0.4 is 10.1 Å². The lowest BCUT2D eigenvalue weighted by molar-refractivity contribution is -0.122. The first-order chi connectivity index (χ1) is 18.2. The largest absolute Gasteiger partial charge is 0.497 e. The number of allylic oxidation sites excluding steroid dienone is 2. The summed E-state index contributed by atoms with van der Waals surface area (Å²) in [6.45, 7) is 13.9. The molecule has 38 heavy (non-hydrogen) atoms. The van der Waals surface area contributed by atoms with E-state index < -0.39 is 0 Å². The molecular formula is C32H42N2O4. The highest BCUT2D eigenvalue weighted by Crippen LogP contribution is 2.27. The predicted molar refractivity (Wildman–Crippen MR) is 157 cm³/mol. The number of rotatable bonds is 15. The Morgan fingerprint density at radius 2 is 1.71 bits per heavy atom. The smallest absolute Gasteiger partial charge is 0.290 e. The van der Waals surface area contributed by atoms with Gasteiger partial charge in [0.25, 0.3) is 6.47 Å². The normalized spacial score (nSPS) is 12.7. The van der Waals surface area contributed by atoms with Gasteiger partial charge in [-0.05, 0) is 61.7 Å².